The molecule has 0 bridgehead atoms. The number of nitrogens with zero attached hydrogens (tertiary/aromatic N) is 1. The second-order valence-corrected chi connectivity index (χ2v) is 5.79. The maximum atomic E-state index is 13.2. The number of aromatic nitrogens is 1. The lowest BCUT2D eigenvalue weighted by atomic mass is 10.3. The fraction of sp³-hybridized carbons (Fsp3) is 0.0833. The normalized spacial score (nSPS) is 11.4. The van der Waals surface area contributed by atoms with Gasteiger partial charge < -0.3 is 5.73 Å². The van der Waals surface area contributed by atoms with Crippen LogP contribution in [0, 0.1) is 5.82 Å². The summed E-state index contributed by atoms with van der Waals surface area (Å²) in [5.41, 5.74) is 5.78. The zero-order valence-corrected chi connectivity index (χ0v) is 10.2. The van der Waals surface area contributed by atoms with Crippen molar-refractivity contribution in [2.45, 2.75) is 10.6 Å². The summed E-state index contributed by atoms with van der Waals surface area (Å²) in [7, 11) is -3.59. The molecular formula is C12H11FN2O2S. The summed E-state index contributed by atoms with van der Waals surface area (Å²) in [6.07, 6.45) is 3.02. The van der Waals surface area contributed by atoms with Crippen molar-refractivity contribution in [2.75, 3.05) is 5.73 Å². The van der Waals surface area contributed by atoms with Gasteiger partial charge in [-0.15, -0.1) is 0 Å². The first kappa shape index (κ1) is 12.5. The van der Waals surface area contributed by atoms with Gasteiger partial charge in [0.1, 0.15) is 5.82 Å². The SMILES string of the molecule is Nc1ccc(S(=O)(=O)Cc2cccnc2)cc1F. The van der Waals surface area contributed by atoms with Gasteiger partial charge in [0, 0.05) is 12.4 Å². The van der Waals surface area contributed by atoms with Crippen LogP contribution in [0.4, 0.5) is 10.1 Å². The van der Waals surface area contributed by atoms with Gasteiger partial charge in [-0.3, -0.25) is 4.98 Å². The number of nitrogen functional groups attached to an aromatic ring is 1. The van der Waals surface area contributed by atoms with Crippen molar-refractivity contribution in [3.63, 3.8) is 0 Å². The topological polar surface area (TPSA) is 73.1 Å². The highest BCUT2D eigenvalue weighted by Gasteiger charge is 2.16. The fourth-order valence-corrected chi connectivity index (χ4v) is 2.82. The van der Waals surface area contributed by atoms with E-state index in [4.69, 9.17) is 5.73 Å². The summed E-state index contributed by atoms with van der Waals surface area (Å²) in [4.78, 5) is 3.75. The fourth-order valence-electron chi connectivity index (χ4n) is 1.49. The summed E-state index contributed by atoms with van der Waals surface area (Å²) in [5, 5.41) is 0. The van der Waals surface area contributed by atoms with Crippen molar-refractivity contribution < 1.29 is 12.8 Å². The van der Waals surface area contributed by atoms with E-state index in [0.717, 1.165) is 6.07 Å². The molecule has 4 nitrogen and oxygen atoms in total. The molecule has 0 spiro atoms. The minimum atomic E-state index is -3.59. The monoisotopic (exact) mass is 266 g/mol. The van der Waals surface area contributed by atoms with E-state index < -0.39 is 15.7 Å². The lowest BCUT2D eigenvalue weighted by Crippen LogP contribution is -2.06. The first-order valence-corrected chi connectivity index (χ1v) is 6.81. The number of pyridine rings is 1. The highest BCUT2D eigenvalue weighted by Crippen LogP contribution is 2.20. The number of anilines is 1. The van der Waals surface area contributed by atoms with Gasteiger partial charge in [0.25, 0.3) is 0 Å². The molecule has 18 heavy (non-hydrogen) atoms. The van der Waals surface area contributed by atoms with Crippen molar-refractivity contribution in [3.8, 4) is 0 Å². The predicted molar refractivity (Wildman–Crippen MR) is 65.9 cm³/mol. The summed E-state index contributed by atoms with van der Waals surface area (Å²) >= 11 is 0. The van der Waals surface area contributed by atoms with E-state index >= 15 is 0 Å². The van der Waals surface area contributed by atoms with Gasteiger partial charge >= 0.3 is 0 Å². The van der Waals surface area contributed by atoms with E-state index in [1.54, 1.807) is 18.3 Å². The number of rotatable bonds is 3. The van der Waals surface area contributed by atoms with Crippen LogP contribution in [-0.2, 0) is 15.6 Å². The second-order valence-electron chi connectivity index (χ2n) is 3.80. The molecule has 1 heterocycles. The van der Waals surface area contributed by atoms with E-state index in [0.29, 0.717) is 5.56 Å². The van der Waals surface area contributed by atoms with Crippen molar-refractivity contribution in [3.05, 3.63) is 54.1 Å². The number of halogens is 1. The van der Waals surface area contributed by atoms with Crippen LogP contribution in [0.25, 0.3) is 0 Å². The van der Waals surface area contributed by atoms with Crippen LogP contribution in [0.3, 0.4) is 0 Å². The zero-order chi connectivity index (χ0) is 13.2. The molecule has 0 amide bonds. The molecule has 2 N–H and O–H groups in total. The number of hydrogen-bond donors (Lipinski definition) is 1. The molecule has 0 aliphatic carbocycles. The number of hydrogen-bond acceptors (Lipinski definition) is 4. The van der Waals surface area contributed by atoms with Crippen molar-refractivity contribution in [2.24, 2.45) is 0 Å². The molecule has 0 saturated heterocycles. The average molecular weight is 266 g/mol. The quantitative estimate of drug-likeness (QED) is 0.859. The number of nitrogens with two attached hydrogens (primary N) is 1. The van der Waals surface area contributed by atoms with Crippen LogP contribution in [0.5, 0.6) is 0 Å². The van der Waals surface area contributed by atoms with E-state index in [1.165, 1.54) is 18.3 Å². The van der Waals surface area contributed by atoms with Gasteiger partial charge in [-0.25, -0.2) is 12.8 Å². The molecule has 0 unspecified atom stereocenters. The summed E-state index contributed by atoms with van der Waals surface area (Å²) in [6.45, 7) is 0. The van der Waals surface area contributed by atoms with Gasteiger partial charge in [-0.2, -0.15) is 0 Å². The third kappa shape index (κ3) is 2.65. The molecule has 0 saturated carbocycles. The molecule has 6 heteroatoms. The molecule has 0 aliphatic heterocycles. The Morgan fingerprint density at radius 3 is 2.67 bits per heavy atom. The third-order valence-corrected chi connectivity index (χ3v) is 4.10. The van der Waals surface area contributed by atoms with Crippen LogP contribution in [0.1, 0.15) is 5.56 Å². The summed E-state index contributed by atoms with van der Waals surface area (Å²) < 4.78 is 37.3. The van der Waals surface area contributed by atoms with Crippen molar-refractivity contribution in [1.82, 2.24) is 4.98 Å². The Morgan fingerprint density at radius 1 is 1.28 bits per heavy atom. The van der Waals surface area contributed by atoms with Crippen LogP contribution in [0.2, 0.25) is 0 Å². The molecule has 1 aromatic carbocycles. The van der Waals surface area contributed by atoms with Gasteiger partial charge in [0.15, 0.2) is 9.84 Å². The summed E-state index contributed by atoms with van der Waals surface area (Å²) in [5.74, 6) is -0.952. The highest BCUT2D eigenvalue weighted by molar-refractivity contribution is 7.90. The molecule has 2 rings (SSSR count). The van der Waals surface area contributed by atoms with Crippen LogP contribution < -0.4 is 5.73 Å². The van der Waals surface area contributed by atoms with E-state index in [2.05, 4.69) is 4.98 Å². The molecule has 0 fully saturated rings. The van der Waals surface area contributed by atoms with Crippen molar-refractivity contribution >= 4 is 15.5 Å². The molecule has 0 atom stereocenters. The smallest absolute Gasteiger partial charge is 0.182 e. The number of benzene rings is 1. The average Bonchev–Trinajstić information content (AvgIpc) is 2.33. The minimum Gasteiger partial charge on any atom is -0.396 e. The van der Waals surface area contributed by atoms with E-state index in [1.807, 2.05) is 0 Å². The van der Waals surface area contributed by atoms with Gasteiger partial charge in [-0.1, -0.05) is 6.07 Å². The Hall–Kier alpha value is -1.95. The van der Waals surface area contributed by atoms with Gasteiger partial charge in [0.2, 0.25) is 0 Å². The molecular weight excluding hydrogens is 255 g/mol. The standard InChI is InChI=1S/C12H11FN2O2S/c13-11-6-10(3-4-12(11)14)18(16,17)8-9-2-1-5-15-7-9/h1-7H,8,14H2. The lowest BCUT2D eigenvalue weighted by molar-refractivity contribution is 0.591. The maximum Gasteiger partial charge on any atom is 0.182 e. The predicted octanol–water partition coefficient (Wildman–Crippen LogP) is 1.78. The Kier molecular flexibility index (Phi) is 3.29. The maximum absolute atomic E-state index is 13.2. The zero-order valence-electron chi connectivity index (χ0n) is 9.38. The molecule has 0 aliphatic rings. The Balaban J connectivity index is 2.34. The van der Waals surface area contributed by atoms with E-state index in [-0.39, 0.29) is 16.3 Å². The van der Waals surface area contributed by atoms with Crippen LogP contribution >= 0.6 is 0 Å². The first-order chi connectivity index (χ1) is 8.49. The lowest BCUT2D eigenvalue weighted by Gasteiger charge is -2.05. The van der Waals surface area contributed by atoms with Crippen LogP contribution in [-0.4, -0.2) is 13.4 Å². The Labute approximate surface area is 104 Å². The molecule has 0 radical (unpaired) electrons. The van der Waals surface area contributed by atoms with Crippen molar-refractivity contribution in [1.29, 1.82) is 0 Å². The third-order valence-electron chi connectivity index (χ3n) is 2.41. The Bertz CT molecular complexity index is 657. The largest absolute Gasteiger partial charge is 0.396 e. The van der Waals surface area contributed by atoms with Gasteiger partial charge in [-0.05, 0) is 29.8 Å². The second kappa shape index (κ2) is 4.73. The van der Waals surface area contributed by atoms with Crippen LogP contribution in [0.15, 0.2) is 47.6 Å². The molecule has 2 aromatic rings. The molecule has 1 aromatic heterocycles. The molecule has 94 valence electrons. The number of sulfone groups is 1. The minimum absolute atomic E-state index is 0.0738. The highest BCUT2D eigenvalue weighted by atomic mass is 32.2. The van der Waals surface area contributed by atoms with E-state index in [9.17, 15) is 12.8 Å². The Morgan fingerprint density at radius 2 is 2.06 bits per heavy atom. The first-order valence-electron chi connectivity index (χ1n) is 5.16. The van der Waals surface area contributed by atoms with Gasteiger partial charge in [0.05, 0.1) is 16.3 Å². The summed E-state index contributed by atoms with van der Waals surface area (Å²) in [6, 6.07) is 6.77.